The fraction of sp³-hybridized carbons (Fsp3) is 0.312. The molecule has 2 aromatic rings. The first kappa shape index (κ1) is 16.1. The Balaban J connectivity index is 1.93. The van der Waals surface area contributed by atoms with Crippen molar-refractivity contribution < 1.29 is 14.9 Å². The Kier molecular flexibility index (Phi) is 4.57. The van der Waals surface area contributed by atoms with E-state index in [9.17, 15) is 9.90 Å². The Hall–Kier alpha value is -2.73. The van der Waals surface area contributed by atoms with Gasteiger partial charge in [0.1, 0.15) is 23.8 Å². The van der Waals surface area contributed by atoms with Crippen molar-refractivity contribution in [3.05, 3.63) is 52.3 Å². The summed E-state index contributed by atoms with van der Waals surface area (Å²) in [6.07, 6.45) is 0.917. The molecule has 3 unspecified atom stereocenters. The quantitative estimate of drug-likeness (QED) is 0.620. The molecule has 24 heavy (non-hydrogen) atoms. The fourth-order valence-corrected chi connectivity index (χ4v) is 2.40. The summed E-state index contributed by atoms with van der Waals surface area (Å²) in [6, 6.07) is 5.33. The minimum absolute atomic E-state index is 0.0111. The van der Waals surface area contributed by atoms with Gasteiger partial charge in [-0.3, -0.25) is 4.57 Å². The number of nitrogens with zero attached hydrogens (tertiary/aromatic N) is 3. The maximum absolute atomic E-state index is 12.0. The number of hydrogen-bond donors (Lipinski definition) is 3. The van der Waals surface area contributed by atoms with Crippen molar-refractivity contribution in [2.24, 2.45) is 0 Å². The van der Waals surface area contributed by atoms with Crippen LogP contribution in [0.4, 0.5) is 5.82 Å². The molecular weight excluding hydrogens is 312 g/mol. The van der Waals surface area contributed by atoms with Crippen molar-refractivity contribution >= 4 is 5.82 Å². The third-order valence-electron chi connectivity index (χ3n) is 3.67. The minimum Gasteiger partial charge on any atom is -0.394 e. The van der Waals surface area contributed by atoms with Crippen LogP contribution in [0.25, 0.3) is 0 Å². The molecule has 124 valence electrons. The molecule has 3 atom stereocenters. The van der Waals surface area contributed by atoms with Crippen molar-refractivity contribution in [1.29, 1.82) is 0 Å². The molecule has 0 radical (unpaired) electrons. The number of anilines is 1. The molecule has 0 aromatic carbocycles. The molecule has 8 nitrogen and oxygen atoms in total. The van der Waals surface area contributed by atoms with Crippen LogP contribution in [-0.2, 0) is 4.74 Å². The van der Waals surface area contributed by atoms with Crippen molar-refractivity contribution in [1.82, 2.24) is 14.5 Å². The molecule has 1 fully saturated rings. The van der Waals surface area contributed by atoms with Gasteiger partial charge in [0, 0.05) is 18.8 Å². The van der Waals surface area contributed by atoms with Gasteiger partial charge in [-0.05, 0) is 18.1 Å². The smallest absolute Gasteiger partial charge is 0.351 e. The van der Waals surface area contributed by atoms with E-state index in [0.29, 0.717) is 11.3 Å². The Labute approximate surface area is 137 Å². The van der Waals surface area contributed by atoms with Gasteiger partial charge in [0.2, 0.25) is 0 Å². The van der Waals surface area contributed by atoms with Crippen molar-refractivity contribution in [3.8, 4) is 11.8 Å². The van der Waals surface area contributed by atoms with Crippen LogP contribution in [0.5, 0.6) is 0 Å². The highest BCUT2D eigenvalue weighted by atomic mass is 16.5. The largest absolute Gasteiger partial charge is 0.394 e. The second-order valence-corrected chi connectivity index (χ2v) is 5.31. The lowest BCUT2D eigenvalue weighted by Crippen LogP contribution is -2.28. The Bertz CT molecular complexity index is 841. The first-order chi connectivity index (χ1) is 11.6. The molecule has 0 bridgehead atoms. The van der Waals surface area contributed by atoms with Crippen molar-refractivity contribution in [2.45, 2.75) is 24.9 Å². The van der Waals surface area contributed by atoms with Gasteiger partial charge in [0.25, 0.3) is 0 Å². The van der Waals surface area contributed by atoms with E-state index in [1.54, 1.807) is 18.3 Å². The first-order valence-electron chi connectivity index (χ1n) is 7.34. The highest BCUT2D eigenvalue weighted by Crippen LogP contribution is 2.27. The summed E-state index contributed by atoms with van der Waals surface area (Å²) in [4.78, 5) is 19.9. The average molecular weight is 328 g/mol. The number of aliphatic hydroxyl groups is 2. The maximum atomic E-state index is 12.0. The number of aliphatic hydroxyl groups excluding tert-OH is 2. The number of rotatable bonds is 2. The highest BCUT2D eigenvalue weighted by molar-refractivity contribution is 5.51. The summed E-state index contributed by atoms with van der Waals surface area (Å²) in [5, 5.41) is 18.9. The van der Waals surface area contributed by atoms with E-state index >= 15 is 0 Å². The summed E-state index contributed by atoms with van der Waals surface area (Å²) in [7, 11) is 0. The summed E-state index contributed by atoms with van der Waals surface area (Å²) in [5.41, 5.74) is 6.06. The molecule has 1 saturated heterocycles. The standard InChI is InChI=1S/C16H16N4O4/c17-15-10(4-5-11-3-1-2-6-18-11)8-20(16(23)19-15)14-7-12(22)13(9-21)24-14/h1-3,6,8,12-14,21-22H,7,9H2,(H2,17,19,23). The van der Waals surface area contributed by atoms with Crippen molar-refractivity contribution in [2.75, 3.05) is 12.3 Å². The van der Waals surface area contributed by atoms with Gasteiger partial charge in [-0.15, -0.1) is 0 Å². The van der Waals surface area contributed by atoms with Gasteiger partial charge in [-0.1, -0.05) is 12.0 Å². The summed E-state index contributed by atoms with van der Waals surface area (Å²) < 4.78 is 6.69. The zero-order valence-electron chi connectivity index (χ0n) is 12.7. The van der Waals surface area contributed by atoms with Crippen LogP contribution in [0.2, 0.25) is 0 Å². The van der Waals surface area contributed by atoms with Crippen molar-refractivity contribution in [3.63, 3.8) is 0 Å². The number of aromatic nitrogens is 3. The molecule has 0 spiro atoms. The van der Waals surface area contributed by atoms with Crippen LogP contribution in [0, 0.1) is 11.8 Å². The third-order valence-corrected chi connectivity index (χ3v) is 3.67. The summed E-state index contributed by atoms with van der Waals surface area (Å²) in [5.74, 6) is 5.68. The zero-order valence-corrected chi connectivity index (χ0v) is 12.7. The Morgan fingerprint density at radius 1 is 1.42 bits per heavy atom. The number of nitrogen functional groups attached to an aromatic ring is 1. The van der Waals surface area contributed by atoms with Crippen LogP contribution in [0.1, 0.15) is 23.9 Å². The van der Waals surface area contributed by atoms with E-state index in [-0.39, 0.29) is 18.8 Å². The third kappa shape index (κ3) is 3.28. The second-order valence-electron chi connectivity index (χ2n) is 5.31. The Morgan fingerprint density at radius 2 is 2.25 bits per heavy atom. The predicted octanol–water partition coefficient (Wildman–Crippen LogP) is -0.739. The van der Waals surface area contributed by atoms with Crippen LogP contribution in [0.3, 0.4) is 0 Å². The summed E-state index contributed by atoms with van der Waals surface area (Å²) in [6.45, 7) is -0.332. The van der Waals surface area contributed by atoms with E-state index < -0.39 is 24.1 Å². The molecule has 0 saturated carbocycles. The van der Waals surface area contributed by atoms with Gasteiger partial charge in [0.15, 0.2) is 0 Å². The lowest BCUT2D eigenvalue weighted by Gasteiger charge is -2.14. The lowest BCUT2D eigenvalue weighted by atomic mass is 10.2. The van der Waals surface area contributed by atoms with Crippen LogP contribution < -0.4 is 11.4 Å². The van der Waals surface area contributed by atoms with E-state index in [1.165, 1.54) is 10.8 Å². The number of pyridine rings is 1. The molecule has 1 aliphatic heterocycles. The predicted molar refractivity (Wildman–Crippen MR) is 84.7 cm³/mol. The fourth-order valence-electron chi connectivity index (χ4n) is 2.40. The average Bonchev–Trinajstić information content (AvgIpc) is 2.95. The lowest BCUT2D eigenvalue weighted by molar-refractivity contribution is -0.0458. The van der Waals surface area contributed by atoms with E-state index in [1.807, 2.05) is 6.07 Å². The van der Waals surface area contributed by atoms with Gasteiger partial charge < -0.3 is 20.7 Å². The van der Waals surface area contributed by atoms with Crippen LogP contribution in [-0.4, -0.2) is 43.6 Å². The van der Waals surface area contributed by atoms with Gasteiger partial charge in [-0.25, -0.2) is 9.78 Å². The molecule has 1 aliphatic rings. The van der Waals surface area contributed by atoms with Crippen LogP contribution in [0.15, 0.2) is 35.4 Å². The molecular formula is C16H16N4O4. The normalized spacial score (nSPS) is 22.8. The molecule has 3 heterocycles. The van der Waals surface area contributed by atoms with Crippen LogP contribution >= 0.6 is 0 Å². The molecule has 3 rings (SSSR count). The Morgan fingerprint density at radius 3 is 2.92 bits per heavy atom. The van der Waals surface area contributed by atoms with Gasteiger partial charge >= 0.3 is 5.69 Å². The zero-order chi connectivity index (χ0) is 17.1. The van der Waals surface area contributed by atoms with E-state index in [0.717, 1.165) is 0 Å². The number of ether oxygens (including phenoxy) is 1. The topological polar surface area (TPSA) is 123 Å². The number of hydrogen-bond acceptors (Lipinski definition) is 7. The van der Waals surface area contributed by atoms with Gasteiger partial charge in [0.05, 0.1) is 18.3 Å². The summed E-state index contributed by atoms with van der Waals surface area (Å²) >= 11 is 0. The van der Waals surface area contributed by atoms with E-state index in [2.05, 4.69) is 21.8 Å². The van der Waals surface area contributed by atoms with Gasteiger partial charge in [-0.2, -0.15) is 4.98 Å². The number of nitrogens with two attached hydrogens (primary N) is 1. The minimum atomic E-state index is -0.854. The molecule has 8 heteroatoms. The molecule has 0 amide bonds. The SMILES string of the molecule is Nc1nc(=O)n(C2CC(O)C(CO)O2)cc1C#Cc1ccccn1. The molecule has 4 N–H and O–H groups in total. The molecule has 2 aromatic heterocycles. The first-order valence-corrected chi connectivity index (χ1v) is 7.34. The van der Waals surface area contributed by atoms with E-state index in [4.69, 9.17) is 15.6 Å². The highest BCUT2D eigenvalue weighted by Gasteiger charge is 2.35. The second kappa shape index (κ2) is 6.80. The molecule has 0 aliphatic carbocycles. The maximum Gasteiger partial charge on any atom is 0.351 e. The monoisotopic (exact) mass is 328 g/mol.